The Kier molecular flexibility index (Phi) is 5.43. The van der Waals surface area contributed by atoms with E-state index in [2.05, 4.69) is 4.90 Å². The van der Waals surface area contributed by atoms with Crippen LogP contribution in [-0.2, 0) is 16.1 Å². The molecule has 4 rings (SSSR count). The maximum Gasteiger partial charge on any atom is 0.250 e. The third-order valence-corrected chi connectivity index (χ3v) is 6.26. The first-order chi connectivity index (χ1) is 13.1. The molecule has 2 bridgehead atoms. The van der Waals surface area contributed by atoms with E-state index in [1.807, 2.05) is 21.6 Å². The van der Waals surface area contributed by atoms with Gasteiger partial charge in [-0.15, -0.1) is 0 Å². The molecule has 2 atom stereocenters. The Morgan fingerprint density at radius 3 is 2.56 bits per heavy atom. The minimum absolute atomic E-state index is 0.00370. The highest BCUT2D eigenvalue weighted by Crippen LogP contribution is 2.34. The molecular formula is C21H29N3O3. The standard InChI is InChI=1S/C21H29N3O3/c25-18(11-21(27)23-8-3-1-2-4-9-23)15-22-12-16-10-17(14-22)19-6-5-7-20(26)24(19)13-16/h5-7,16-17H,1-4,8-15H2. The zero-order valence-corrected chi connectivity index (χ0v) is 15.9. The number of hydrogen-bond donors (Lipinski definition) is 0. The van der Waals surface area contributed by atoms with Gasteiger partial charge in [0.15, 0.2) is 5.78 Å². The van der Waals surface area contributed by atoms with Gasteiger partial charge in [0.1, 0.15) is 0 Å². The molecule has 0 spiro atoms. The maximum atomic E-state index is 12.5. The van der Waals surface area contributed by atoms with Crippen molar-refractivity contribution in [2.45, 2.75) is 51.0 Å². The van der Waals surface area contributed by atoms with Gasteiger partial charge in [0, 0.05) is 50.4 Å². The van der Waals surface area contributed by atoms with Crippen LogP contribution in [0.2, 0.25) is 0 Å². The maximum absolute atomic E-state index is 12.5. The van der Waals surface area contributed by atoms with Gasteiger partial charge in [0.25, 0.3) is 5.56 Å². The number of nitrogens with zero attached hydrogens (tertiary/aromatic N) is 3. The van der Waals surface area contributed by atoms with Crippen molar-refractivity contribution in [2.24, 2.45) is 5.92 Å². The molecule has 1 amide bonds. The number of aromatic nitrogens is 1. The van der Waals surface area contributed by atoms with Crippen molar-refractivity contribution >= 4 is 11.7 Å². The summed E-state index contributed by atoms with van der Waals surface area (Å²) in [5.41, 5.74) is 1.17. The Balaban J connectivity index is 1.35. The number of Topliss-reactive ketones (excluding diaryl/α,β-unsaturated/α-hetero) is 1. The van der Waals surface area contributed by atoms with E-state index < -0.39 is 0 Å². The van der Waals surface area contributed by atoms with Crippen LogP contribution in [0.15, 0.2) is 23.0 Å². The van der Waals surface area contributed by atoms with Crippen molar-refractivity contribution in [2.75, 3.05) is 32.7 Å². The van der Waals surface area contributed by atoms with Crippen LogP contribution in [0.25, 0.3) is 0 Å². The molecule has 1 aromatic rings. The highest BCUT2D eigenvalue weighted by atomic mass is 16.2. The van der Waals surface area contributed by atoms with E-state index in [0.717, 1.165) is 57.7 Å². The molecular weight excluding hydrogens is 342 g/mol. The van der Waals surface area contributed by atoms with Crippen LogP contribution in [0.4, 0.5) is 0 Å². The van der Waals surface area contributed by atoms with Crippen LogP contribution in [0, 0.1) is 5.92 Å². The van der Waals surface area contributed by atoms with E-state index in [9.17, 15) is 14.4 Å². The van der Waals surface area contributed by atoms with Gasteiger partial charge in [-0.3, -0.25) is 19.3 Å². The van der Waals surface area contributed by atoms with Gasteiger partial charge in [-0.2, -0.15) is 0 Å². The number of hydrogen-bond acceptors (Lipinski definition) is 4. The minimum Gasteiger partial charge on any atom is -0.342 e. The number of carbonyl (C=O) groups excluding carboxylic acids is 2. The van der Waals surface area contributed by atoms with Crippen molar-refractivity contribution in [3.63, 3.8) is 0 Å². The molecule has 3 aliphatic rings. The van der Waals surface area contributed by atoms with E-state index >= 15 is 0 Å². The summed E-state index contributed by atoms with van der Waals surface area (Å²) in [6, 6.07) is 5.50. The predicted molar refractivity (Wildman–Crippen MR) is 103 cm³/mol. The predicted octanol–water partition coefficient (Wildman–Crippen LogP) is 1.63. The van der Waals surface area contributed by atoms with E-state index in [4.69, 9.17) is 0 Å². The lowest BCUT2D eigenvalue weighted by molar-refractivity contribution is -0.135. The molecule has 0 saturated carbocycles. The number of ketones is 1. The summed E-state index contributed by atoms with van der Waals surface area (Å²) in [5, 5.41) is 0. The minimum atomic E-state index is -0.00370. The van der Waals surface area contributed by atoms with Gasteiger partial charge in [0.2, 0.25) is 5.91 Å². The molecule has 4 heterocycles. The van der Waals surface area contributed by atoms with Crippen LogP contribution < -0.4 is 5.56 Å². The Labute approximate surface area is 160 Å². The fourth-order valence-electron chi connectivity index (χ4n) is 5.03. The lowest BCUT2D eigenvalue weighted by Crippen LogP contribution is -2.48. The average Bonchev–Trinajstić information content (AvgIpc) is 2.92. The Hall–Kier alpha value is -1.95. The number of fused-ring (bicyclic) bond motifs is 4. The van der Waals surface area contributed by atoms with Crippen LogP contribution in [0.5, 0.6) is 0 Å². The number of carbonyl (C=O) groups is 2. The molecule has 1 aromatic heterocycles. The lowest BCUT2D eigenvalue weighted by atomic mass is 9.83. The average molecular weight is 371 g/mol. The Morgan fingerprint density at radius 1 is 1.00 bits per heavy atom. The molecule has 0 aliphatic carbocycles. The quantitative estimate of drug-likeness (QED) is 0.755. The third-order valence-electron chi connectivity index (χ3n) is 6.26. The summed E-state index contributed by atoms with van der Waals surface area (Å²) in [5.74, 6) is 0.733. The van der Waals surface area contributed by atoms with Crippen molar-refractivity contribution < 1.29 is 9.59 Å². The molecule has 0 N–H and O–H groups in total. The Bertz CT molecular complexity index is 764. The van der Waals surface area contributed by atoms with Gasteiger partial charge in [0.05, 0.1) is 13.0 Å². The normalized spacial score (nSPS) is 25.6. The van der Waals surface area contributed by atoms with Crippen molar-refractivity contribution in [1.82, 2.24) is 14.4 Å². The molecule has 6 heteroatoms. The van der Waals surface area contributed by atoms with Crippen LogP contribution in [-0.4, -0.2) is 58.8 Å². The van der Waals surface area contributed by atoms with Crippen LogP contribution in [0.3, 0.4) is 0 Å². The summed E-state index contributed by atoms with van der Waals surface area (Å²) in [6.45, 7) is 4.31. The van der Waals surface area contributed by atoms with Gasteiger partial charge >= 0.3 is 0 Å². The zero-order chi connectivity index (χ0) is 18.8. The summed E-state index contributed by atoms with van der Waals surface area (Å²) < 4.78 is 1.90. The van der Waals surface area contributed by atoms with E-state index in [0.29, 0.717) is 18.4 Å². The number of likely N-dealkylation sites (tertiary alicyclic amines) is 2. The van der Waals surface area contributed by atoms with E-state index in [1.165, 1.54) is 12.8 Å². The zero-order valence-electron chi connectivity index (χ0n) is 15.9. The number of pyridine rings is 1. The molecule has 3 aliphatic heterocycles. The second kappa shape index (κ2) is 7.97. The summed E-state index contributed by atoms with van der Waals surface area (Å²) in [4.78, 5) is 41.1. The smallest absolute Gasteiger partial charge is 0.250 e. The summed E-state index contributed by atoms with van der Waals surface area (Å²) in [6.07, 6.45) is 5.57. The number of piperidine rings is 1. The van der Waals surface area contributed by atoms with Crippen LogP contribution >= 0.6 is 0 Å². The molecule has 146 valence electrons. The van der Waals surface area contributed by atoms with Gasteiger partial charge < -0.3 is 9.47 Å². The van der Waals surface area contributed by atoms with Crippen molar-refractivity contribution in [3.05, 3.63) is 34.2 Å². The molecule has 27 heavy (non-hydrogen) atoms. The largest absolute Gasteiger partial charge is 0.342 e. The highest BCUT2D eigenvalue weighted by molar-refractivity contribution is 5.99. The van der Waals surface area contributed by atoms with Crippen molar-refractivity contribution in [3.8, 4) is 0 Å². The second-order valence-corrected chi connectivity index (χ2v) is 8.40. The van der Waals surface area contributed by atoms with Crippen molar-refractivity contribution in [1.29, 1.82) is 0 Å². The van der Waals surface area contributed by atoms with Gasteiger partial charge in [-0.25, -0.2) is 0 Å². The second-order valence-electron chi connectivity index (χ2n) is 8.40. The van der Waals surface area contributed by atoms with Gasteiger partial charge in [-0.1, -0.05) is 18.9 Å². The number of amides is 1. The molecule has 2 saturated heterocycles. The van der Waals surface area contributed by atoms with E-state index in [1.54, 1.807) is 6.07 Å². The fourth-order valence-corrected chi connectivity index (χ4v) is 5.03. The monoisotopic (exact) mass is 371 g/mol. The van der Waals surface area contributed by atoms with E-state index in [-0.39, 0.29) is 23.7 Å². The lowest BCUT2D eigenvalue weighted by Gasteiger charge is -2.42. The number of rotatable bonds is 4. The molecule has 2 fully saturated rings. The highest BCUT2D eigenvalue weighted by Gasteiger charge is 2.35. The first-order valence-electron chi connectivity index (χ1n) is 10.3. The first kappa shape index (κ1) is 18.4. The molecule has 0 aromatic carbocycles. The SMILES string of the molecule is O=C(CC(=O)N1CCCCCC1)CN1CC2CC(C1)c1cccc(=O)n1C2. The van der Waals surface area contributed by atoms with Gasteiger partial charge in [-0.05, 0) is 31.2 Å². The topological polar surface area (TPSA) is 62.6 Å². The first-order valence-corrected chi connectivity index (χ1v) is 10.3. The summed E-state index contributed by atoms with van der Waals surface area (Å²) in [7, 11) is 0. The fraction of sp³-hybridized carbons (Fsp3) is 0.667. The third kappa shape index (κ3) is 4.15. The summed E-state index contributed by atoms with van der Waals surface area (Å²) >= 11 is 0. The Morgan fingerprint density at radius 2 is 1.78 bits per heavy atom. The molecule has 6 nitrogen and oxygen atoms in total. The molecule has 0 radical (unpaired) electrons. The molecule has 2 unspecified atom stereocenters. The van der Waals surface area contributed by atoms with Crippen LogP contribution in [0.1, 0.15) is 50.1 Å².